The molecule has 2 N–H and O–H groups in total. The Morgan fingerprint density at radius 3 is 1.70 bits per heavy atom. The van der Waals surface area contributed by atoms with Gasteiger partial charge in [-0.2, -0.15) is 6.42 Å². The Bertz CT molecular complexity index is 34.9. The molecular formula is C6H15NO2Ti. The predicted octanol–water partition coefficient (Wildman–Crippen LogP) is 0.565. The van der Waals surface area contributed by atoms with Crippen molar-refractivity contribution >= 4 is 0 Å². The van der Waals surface area contributed by atoms with Gasteiger partial charge in [0.05, 0.1) is 0 Å². The molecule has 0 rings (SSSR count). The summed E-state index contributed by atoms with van der Waals surface area (Å²) in [6.45, 7) is 5.44. The number of nitrogens with two attached hydrogens (primary N) is 1. The Balaban J connectivity index is -0.0000000910. The van der Waals surface area contributed by atoms with Gasteiger partial charge in [0.25, 0.3) is 0 Å². The van der Waals surface area contributed by atoms with Gasteiger partial charge in [0.1, 0.15) is 0 Å². The van der Waals surface area contributed by atoms with Crippen LogP contribution in [-0.4, -0.2) is 20.8 Å². The minimum atomic E-state index is 0. The Kier molecular flexibility index (Phi) is 38.3. The Labute approximate surface area is 78.1 Å². The molecule has 3 nitrogen and oxygen atoms in total. The summed E-state index contributed by atoms with van der Waals surface area (Å²) >= 11 is 0. The molecule has 0 atom stereocenters. The minimum Gasteiger partial charge on any atom is -0.527 e. The summed E-state index contributed by atoms with van der Waals surface area (Å²) in [5.74, 6) is 0. The molecule has 0 radical (unpaired) electrons. The quantitative estimate of drug-likeness (QED) is 0.511. The van der Waals surface area contributed by atoms with E-state index < -0.39 is 0 Å². The molecule has 0 aliphatic carbocycles. The molecular weight excluding hydrogens is 166 g/mol. The van der Waals surface area contributed by atoms with Crippen molar-refractivity contribution in [3.63, 3.8) is 0 Å². The van der Waals surface area contributed by atoms with Crippen LogP contribution >= 0.6 is 0 Å². The van der Waals surface area contributed by atoms with Gasteiger partial charge in [0.2, 0.25) is 0 Å². The molecule has 0 aliphatic heterocycles. The molecule has 0 aromatic rings. The second-order valence-electron chi connectivity index (χ2n) is 1.21. The molecule has 0 saturated heterocycles. The van der Waals surface area contributed by atoms with E-state index >= 15 is 0 Å². The maximum Gasteiger partial charge on any atom is 2.00 e. The van der Waals surface area contributed by atoms with Gasteiger partial charge in [-0.15, -0.1) is 0 Å². The summed E-state index contributed by atoms with van der Waals surface area (Å²) in [6.07, 6.45) is 0.847. The van der Waals surface area contributed by atoms with Crippen LogP contribution in [0.1, 0.15) is 6.42 Å². The first-order valence-electron chi connectivity index (χ1n) is 2.70. The molecule has 60 valence electrons. The third kappa shape index (κ3) is 38.4. The van der Waals surface area contributed by atoms with Crippen molar-refractivity contribution in [2.24, 2.45) is 5.73 Å². The third-order valence-electron chi connectivity index (χ3n) is 0.397. The largest absolute Gasteiger partial charge is 2.00 e. The molecule has 0 heterocycles. The summed E-state index contributed by atoms with van der Waals surface area (Å²) < 4.78 is 8.69. The molecule has 0 aromatic carbocycles. The Hall–Kier alpha value is 0.594. The van der Waals surface area contributed by atoms with E-state index in [0.717, 1.165) is 6.42 Å². The van der Waals surface area contributed by atoms with Gasteiger partial charge in [-0.25, -0.2) is 0 Å². The summed E-state index contributed by atoms with van der Waals surface area (Å²) in [7, 11) is 3.06. The topological polar surface area (TPSA) is 44.5 Å². The van der Waals surface area contributed by atoms with Crippen LogP contribution in [0.25, 0.3) is 0 Å². The maximum atomic E-state index is 4.97. The van der Waals surface area contributed by atoms with Crippen molar-refractivity contribution in [1.29, 1.82) is 0 Å². The zero-order chi connectivity index (χ0) is 7.54. The van der Waals surface area contributed by atoms with Crippen molar-refractivity contribution in [1.82, 2.24) is 0 Å². The van der Waals surface area contributed by atoms with Crippen LogP contribution < -0.4 is 5.73 Å². The van der Waals surface area contributed by atoms with E-state index in [1.807, 2.05) is 0 Å². The van der Waals surface area contributed by atoms with Crippen molar-refractivity contribution in [3.8, 4) is 0 Å². The van der Waals surface area contributed by atoms with E-state index in [4.69, 9.17) is 5.73 Å². The van der Waals surface area contributed by atoms with Crippen LogP contribution in [0, 0.1) is 13.7 Å². The fourth-order valence-corrected chi connectivity index (χ4v) is 0.0962. The average molecular weight is 181 g/mol. The average Bonchev–Trinajstić information content (AvgIpc) is 1.91. The van der Waals surface area contributed by atoms with Crippen molar-refractivity contribution < 1.29 is 31.2 Å². The van der Waals surface area contributed by atoms with E-state index in [1.54, 1.807) is 0 Å². The van der Waals surface area contributed by atoms with E-state index in [9.17, 15) is 0 Å². The minimum absolute atomic E-state index is 0. The van der Waals surface area contributed by atoms with Crippen molar-refractivity contribution in [3.05, 3.63) is 13.7 Å². The van der Waals surface area contributed by atoms with Crippen LogP contribution in [0.3, 0.4) is 0 Å². The van der Waals surface area contributed by atoms with E-state index in [0.29, 0.717) is 6.54 Å². The van der Waals surface area contributed by atoms with E-state index in [1.165, 1.54) is 21.0 Å². The van der Waals surface area contributed by atoms with Gasteiger partial charge in [-0.1, -0.05) is 6.79 Å². The molecule has 0 spiro atoms. The maximum absolute atomic E-state index is 4.97. The molecule has 4 heteroatoms. The number of hydrogen-bond acceptors (Lipinski definition) is 3. The summed E-state index contributed by atoms with van der Waals surface area (Å²) in [5, 5.41) is 0. The van der Waals surface area contributed by atoms with E-state index in [-0.39, 0.29) is 21.7 Å². The van der Waals surface area contributed by atoms with Crippen LogP contribution in [-0.2, 0) is 31.2 Å². The summed E-state index contributed by atoms with van der Waals surface area (Å²) in [5.41, 5.74) is 4.97. The van der Waals surface area contributed by atoms with Crippen LogP contribution in [0.2, 0.25) is 0 Å². The molecule has 10 heavy (non-hydrogen) atoms. The van der Waals surface area contributed by atoms with Gasteiger partial charge in [-0.3, -0.25) is 0 Å². The first-order chi connectivity index (χ1) is 4.33. The fourth-order valence-electron chi connectivity index (χ4n) is 0.0962. The molecule has 0 unspecified atom stereocenters. The standard InChI is InChI=1S/C3H8N.C3H7O2.Ti/c1-2-3-4;1-4-3-5-2;/h1-4H2;3H,1-2H3;/q2*-1;+2. The molecule has 0 saturated carbocycles. The number of hydrogen-bond donors (Lipinski definition) is 1. The molecule has 0 aliphatic rings. The van der Waals surface area contributed by atoms with Gasteiger partial charge in [0.15, 0.2) is 0 Å². The zero-order valence-electron chi connectivity index (χ0n) is 6.59. The molecule has 0 amide bonds. The molecule has 0 aromatic heterocycles. The fraction of sp³-hybridized carbons (Fsp3) is 0.667. The number of rotatable bonds is 3. The Morgan fingerprint density at radius 1 is 1.40 bits per heavy atom. The van der Waals surface area contributed by atoms with Crippen LogP contribution in [0.5, 0.6) is 0 Å². The summed E-state index contributed by atoms with van der Waals surface area (Å²) in [6, 6.07) is 0. The SMILES string of the molecule is CO[CH-]OC.[CH2-]CCN.[Ti+2]. The summed E-state index contributed by atoms with van der Waals surface area (Å²) in [4.78, 5) is 0. The number of methoxy groups -OCH3 is 2. The monoisotopic (exact) mass is 181 g/mol. The molecule has 0 fully saturated rings. The smallest absolute Gasteiger partial charge is 0.527 e. The molecule has 0 bridgehead atoms. The van der Waals surface area contributed by atoms with Gasteiger partial charge in [-0.05, 0) is 6.54 Å². The van der Waals surface area contributed by atoms with Gasteiger partial charge >= 0.3 is 21.7 Å². The first kappa shape index (κ1) is 16.9. The normalized spacial score (nSPS) is 7.20. The zero-order valence-corrected chi connectivity index (χ0v) is 8.15. The second-order valence-corrected chi connectivity index (χ2v) is 1.21. The number of ether oxygens (including phenoxy) is 2. The van der Waals surface area contributed by atoms with Gasteiger partial charge in [0, 0.05) is 14.2 Å². The van der Waals surface area contributed by atoms with Crippen molar-refractivity contribution in [2.75, 3.05) is 20.8 Å². The van der Waals surface area contributed by atoms with Crippen LogP contribution in [0.4, 0.5) is 0 Å². The van der Waals surface area contributed by atoms with E-state index in [2.05, 4.69) is 16.4 Å². The van der Waals surface area contributed by atoms with Gasteiger partial charge < -0.3 is 22.1 Å². The Morgan fingerprint density at radius 2 is 1.70 bits per heavy atom. The third-order valence-corrected chi connectivity index (χ3v) is 0.397. The second kappa shape index (κ2) is 22.6. The van der Waals surface area contributed by atoms with Crippen molar-refractivity contribution in [2.45, 2.75) is 6.42 Å². The first-order valence-corrected chi connectivity index (χ1v) is 2.70. The predicted molar refractivity (Wildman–Crippen MR) is 37.3 cm³/mol. The van der Waals surface area contributed by atoms with Crippen LogP contribution in [0.15, 0.2) is 0 Å².